The van der Waals surface area contributed by atoms with E-state index in [1.165, 1.54) is 19.3 Å². The summed E-state index contributed by atoms with van der Waals surface area (Å²) in [6, 6.07) is 0.0550. The van der Waals surface area contributed by atoms with Crippen LogP contribution in [0.25, 0.3) is 0 Å². The molecule has 0 spiro atoms. The Kier molecular flexibility index (Phi) is 5.05. The molecule has 1 unspecified atom stereocenters. The smallest absolute Gasteiger partial charge is 0.242 e. The summed E-state index contributed by atoms with van der Waals surface area (Å²) in [6.45, 7) is 1.93. The molecule has 1 atom stereocenters. The van der Waals surface area contributed by atoms with Crippen LogP contribution in [0.3, 0.4) is 0 Å². The van der Waals surface area contributed by atoms with Gasteiger partial charge in [0.2, 0.25) is 11.2 Å². The van der Waals surface area contributed by atoms with Gasteiger partial charge in [-0.25, -0.2) is 9.97 Å². The molecule has 0 aliphatic heterocycles. The third-order valence-corrected chi connectivity index (χ3v) is 5.30. The van der Waals surface area contributed by atoms with E-state index in [0.29, 0.717) is 6.04 Å². The minimum Gasteiger partial charge on any atom is -0.352 e. The molecule has 1 N–H and O–H groups in total. The highest BCUT2D eigenvalue weighted by Gasteiger charge is 2.27. The topological polar surface area (TPSA) is 58.1 Å². The number of rotatable bonds is 4. The van der Waals surface area contributed by atoms with Crippen LogP contribution < -0.4 is 10.2 Å². The first-order valence-electron chi connectivity index (χ1n) is 8.64. The van der Waals surface area contributed by atoms with Crippen LogP contribution in [0, 0.1) is 0 Å². The molecule has 1 saturated carbocycles. The SMILES string of the molecule is CC(C(=O)NC1CCCCC1)N(C)c1nc(Cl)nc2c1CCC2. The second-order valence-corrected chi connectivity index (χ2v) is 7.06. The van der Waals surface area contributed by atoms with Crippen molar-refractivity contribution in [1.82, 2.24) is 15.3 Å². The van der Waals surface area contributed by atoms with Crippen molar-refractivity contribution in [3.05, 3.63) is 16.5 Å². The molecule has 2 aliphatic rings. The van der Waals surface area contributed by atoms with Gasteiger partial charge in [0.25, 0.3) is 0 Å². The van der Waals surface area contributed by atoms with Crippen LogP contribution in [0.1, 0.15) is 56.7 Å². The van der Waals surface area contributed by atoms with E-state index in [1.807, 2.05) is 18.9 Å². The lowest BCUT2D eigenvalue weighted by atomic mass is 9.95. The zero-order chi connectivity index (χ0) is 16.4. The second-order valence-electron chi connectivity index (χ2n) is 6.73. The normalized spacial score (nSPS) is 19.3. The number of amides is 1. The van der Waals surface area contributed by atoms with E-state index in [1.54, 1.807) is 0 Å². The Morgan fingerprint density at radius 1 is 1.22 bits per heavy atom. The molecule has 0 bridgehead atoms. The molecule has 0 radical (unpaired) electrons. The highest BCUT2D eigenvalue weighted by molar-refractivity contribution is 6.28. The van der Waals surface area contributed by atoms with Gasteiger partial charge in [-0.3, -0.25) is 4.79 Å². The van der Waals surface area contributed by atoms with Crippen LogP contribution in [0.4, 0.5) is 5.82 Å². The van der Waals surface area contributed by atoms with Crippen LogP contribution in [-0.4, -0.2) is 35.0 Å². The van der Waals surface area contributed by atoms with Crippen LogP contribution in [0.15, 0.2) is 0 Å². The summed E-state index contributed by atoms with van der Waals surface area (Å²) in [4.78, 5) is 23.2. The summed E-state index contributed by atoms with van der Waals surface area (Å²) in [7, 11) is 1.92. The summed E-state index contributed by atoms with van der Waals surface area (Å²) in [6.07, 6.45) is 8.88. The largest absolute Gasteiger partial charge is 0.352 e. The van der Waals surface area contributed by atoms with Gasteiger partial charge >= 0.3 is 0 Å². The number of carbonyl (C=O) groups excluding carboxylic acids is 1. The Morgan fingerprint density at radius 3 is 2.70 bits per heavy atom. The fourth-order valence-corrected chi connectivity index (χ4v) is 3.79. The van der Waals surface area contributed by atoms with Crippen molar-refractivity contribution in [2.24, 2.45) is 0 Å². The second kappa shape index (κ2) is 7.04. The zero-order valence-corrected chi connectivity index (χ0v) is 14.7. The molecule has 126 valence electrons. The maximum absolute atomic E-state index is 12.6. The van der Waals surface area contributed by atoms with Crippen molar-refractivity contribution in [2.75, 3.05) is 11.9 Å². The van der Waals surface area contributed by atoms with Crippen molar-refractivity contribution >= 4 is 23.3 Å². The maximum Gasteiger partial charge on any atom is 0.242 e. The fourth-order valence-electron chi connectivity index (χ4n) is 3.60. The van der Waals surface area contributed by atoms with E-state index >= 15 is 0 Å². The zero-order valence-electron chi connectivity index (χ0n) is 13.9. The Bertz CT molecular complexity index is 586. The first kappa shape index (κ1) is 16.5. The summed E-state index contributed by atoms with van der Waals surface area (Å²) in [5, 5.41) is 3.47. The molecule has 1 fully saturated rings. The quantitative estimate of drug-likeness (QED) is 0.859. The van der Waals surface area contributed by atoms with Crippen LogP contribution in [-0.2, 0) is 17.6 Å². The number of nitrogens with zero attached hydrogens (tertiary/aromatic N) is 3. The van der Waals surface area contributed by atoms with E-state index < -0.39 is 0 Å². The lowest BCUT2D eigenvalue weighted by molar-refractivity contribution is -0.122. The minimum atomic E-state index is -0.271. The average molecular weight is 337 g/mol. The highest BCUT2D eigenvalue weighted by atomic mass is 35.5. The molecule has 0 aromatic carbocycles. The predicted molar refractivity (Wildman–Crippen MR) is 91.9 cm³/mol. The lowest BCUT2D eigenvalue weighted by Gasteiger charge is -2.30. The third-order valence-electron chi connectivity index (χ3n) is 5.13. The number of anilines is 1. The van der Waals surface area contributed by atoms with Crippen LogP contribution in [0.5, 0.6) is 0 Å². The van der Waals surface area contributed by atoms with Gasteiger partial charge in [-0.05, 0) is 50.6 Å². The Morgan fingerprint density at radius 2 is 1.96 bits per heavy atom. The summed E-state index contributed by atoms with van der Waals surface area (Å²) in [5.74, 6) is 0.879. The van der Waals surface area contributed by atoms with E-state index in [0.717, 1.165) is 49.2 Å². The number of carbonyl (C=O) groups is 1. The molecule has 5 nitrogen and oxygen atoms in total. The molecule has 3 rings (SSSR count). The van der Waals surface area contributed by atoms with Crippen molar-refractivity contribution in [1.29, 1.82) is 0 Å². The van der Waals surface area contributed by atoms with E-state index in [-0.39, 0.29) is 17.2 Å². The number of aryl methyl sites for hydroxylation is 1. The van der Waals surface area contributed by atoms with E-state index in [4.69, 9.17) is 11.6 Å². The molecular formula is C17H25ClN4O. The van der Waals surface area contributed by atoms with Gasteiger partial charge in [0.05, 0.1) is 5.69 Å². The monoisotopic (exact) mass is 336 g/mol. The number of hydrogen-bond donors (Lipinski definition) is 1. The van der Waals surface area contributed by atoms with Crippen molar-refractivity contribution < 1.29 is 4.79 Å². The van der Waals surface area contributed by atoms with Gasteiger partial charge in [0.1, 0.15) is 11.9 Å². The molecule has 2 aliphatic carbocycles. The summed E-state index contributed by atoms with van der Waals surface area (Å²) < 4.78 is 0. The Hall–Kier alpha value is -1.36. The van der Waals surface area contributed by atoms with E-state index in [9.17, 15) is 4.79 Å². The van der Waals surface area contributed by atoms with Crippen molar-refractivity contribution in [2.45, 2.75) is 70.4 Å². The van der Waals surface area contributed by atoms with Crippen LogP contribution in [0.2, 0.25) is 5.28 Å². The molecule has 23 heavy (non-hydrogen) atoms. The fraction of sp³-hybridized carbons (Fsp3) is 0.706. The lowest BCUT2D eigenvalue weighted by Crippen LogP contribution is -2.48. The molecular weight excluding hydrogens is 312 g/mol. The van der Waals surface area contributed by atoms with Crippen molar-refractivity contribution in [3.8, 4) is 0 Å². The minimum absolute atomic E-state index is 0.0703. The van der Waals surface area contributed by atoms with Crippen molar-refractivity contribution in [3.63, 3.8) is 0 Å². The average Bonchev–Trinajstić information content (AvgIpc) is 3.01. The van der Waals surface area contributed by atoms with Gasteiger partial charge in [-0.1, -0.05) is 19.3 Å². The third kappa shape index (κ3) is 3.60. The van der Waals surface area contributed by atoms with Gasteiger partial charge in [0.15, 0.2) is 0 Å². The van der Waals surface area contributed by atoms with Gasteiger partial charge in [-0.2, -0.15) is 0 Å². The maximum atomic E-state index is 12.6. The summed E-state index contributed by atoms with van der Waals surface area (Å²) in [5.41, 5.74) is 2.18. The molecule has 1 amide bonds. The number of halogens is 1. The molecule has 0 saturated heterocycles. The number of likely N-dealkylation sites (N-methyl/N-ethyl adjacent to an activating group) is 1. The predicted octanol–water partition coefficient (Wildman–Crippen LogP) is 2.89. The highest BCUT2D eigenvalue weighted by Crippen LogP contribution is 2.30. The molecule has 6 heteroatoms. The number of nitrogens with one attached hydrogen (secondary N) is 1. The first-order chi connectivity index (χ1) is 11.1. The number of aromatic nitrogens is 2. The van der Waals surface area contributed by atoms with Gasteiger partial charge < -0.3 is 10.2 Å². The van der Waals surface area contributed by atoms with Crippen LogP contribution >= 0.6 is 11.6 Å². The first-order valence-corrected chi connectivity index (χ1v) is 9.02. The summed E-state index contributed by atoms with van der Waals surface area (Å²) >= 11 is 6.06. The standard InChI is InChI=1S/C17H25ClN4O/c1-11(16(23)19-12-7-4-3-5-8-12)22(2)15-13-9-6-10-14(13)20-17(18)21-15/h11-12H,3-10H2,1-2H3,(H,19,23). The van der Waals surface area contributed by atoms with Gasteiger partial charge in [-0.15, -0.1) is 0 Å². The molecule has 1 aromatic heterocycles. The Labute approximate surface area is 142 Å². The van der Waals surface area contributed by atoms with Gasteiger partial charge in [0, 0.05) is 18.7 Å². The Balaban J connectivity index is 1.72. The molecule has 1 heterocycles. The number of hydrogen-bond acceptors (Lipinski definition) is 4. The van der Waals surface area contributed by atoms with E-state index in [2.05, 4.69) is 15.3 Å². The number of fused-ring (bicyclic) bond motifs is 1. The molecule has 1 aromatic rings.